The predicted octanol–water partition coefficient (Wildman–Crippen LogP) is 2.44. The second kappa shape index (κ2) is 6.61. The predicted molar refractivity (Wildman–Crippen MR) is 82.4 cm³/mol. The van der Waals surface area contributed by atoms with E-state index in [4.69, 9.17) is 15.2 Å². The van der Waals surface area contributed by atoms with E-state index >= 15 is 0 Å². The van der Waals surface area contributed by atoms with Crippen LogP contribution in [0.5, 0.6) is 11.5 Å². The highest BCUT2D eigenvalue weighted by Gasteiger charge is 2.24. The maximum absolute atomic E-state index is 10.5. The molecule has 4 heteroatoms. The molecule has 0 aliphatic carbocycles. The number of nitrogens with two attached hydrogens (primary N) is 1. The van der Waals surface area contributed by atoms with Gasteiger partial charge in [0.15, 0.2) is 0 Å². The molecular weight excluding hydrogens is 266 g/mol. The van der Waals surface area contributed by atoms with E-state index in [2.05, 4.69) is 0 Å². The molecular formula is C17H21NO3. The van der Waals surface area contributed by atoms with Crippen molar-refractivity contribution in [2.45, 2.75) is 19.1 Å². The van der Waals surface area contributed by atoms with Gasteiger partial charge in [0.1, 0.15) is 23.7 Å². The smallest absolute Gasteiger partial charge is 0.127 e. The molecule has 0 aromatic heterocycles. The van der Waals surface area contributed by atoms with Crippen LogP contribution in [0.25, 0.3) is 0 Å². The van der Waals surface area contributed by atoms with Gasteiger partial charge in [-0.3, -0.25) is 0 Å². The molecule has 4 nitrogen and oxygen atoms in total. The first-order valence-electron chi connectivity index (χ1n) is 6.84. The van der Waals surface area contributed by atoms with Gasteiger partial charge in [0.05, 0.1) is 7.11 Å². The zero-order chi connectivity index (χ0) is 15.3. The molecule has 2 rings (SSSR count). The summed E-state index contributed by atoms with van der Waals surface area (Å²) < 4.78 is 11.0. The van der Waals surface area contributed by atoms with Crippen molar-refractivity contribution in [2.24, 2.45) is 5.73 Å². The van der Waals surface area contributed by atoms with E-state index in [9.17, 15) is 5.11 Å². The van der Waals surface area contributed by atoms with Crippen LogP contribution in [0.4, 0.5) is 0 Å². The van der Waals surface area contributed by atoms with Crippen LogP contribution in [0.15, 0.2) is 48.5 Å². The number of rotatable bonds is 6. The Morgan fingerprint density at radius 1 is 1.14 bits per heavy atom. The van der Waals surface area contributed by atoms with E-state index in [0.29, 0.717) is 18.0 Å². The van der Waals surface area contributed by atoms with Crippen LogP contribution >= 0.6 is 0 Å². The highest BCUT2D eigenvalue weighted by Crippen LogP contribution is 2.27. The summed E-state index contributed by atoms with van der Waals surface area (Å²) in [6.07, 6.45) is 0. The van der Waals surface area contributed by atoms with Gasteiger partial charge < -0.3 is 20.3 Å². The van der Waals surface area contributed by atoms with Crippen molar-refractivity contribution >= 4 is 0 Å². The normalized spacial score (nSPS) is 13.5. The number of hydrogen-bond donors (Lipinski definition) is 2. The molecule has 0 aliphatic rings. The van der Waals surface area contributed by atoms with Gasteiger partial charge in [-0.1, -0.05) is 36.4 Å². The van der Waals surface area contributed by atoms with Gasteiger partial charge in [-0.05, 0) is 18.6 Å². The molecule has 0 heterocycles. The zero-order valence-corrected chi connectivity index (χ0v) is 12.4. The number of methoxy groups -OCH3 is 1. The van der Waals surface area contributed by atoms with Gasteiger partial charge in [0, 0.05) is 18.2 Å². The number of aliphatic hydroxyl groups is 1. The Morgan fingerprint density at radius 2 is 1.86 bits per heavy atom. The van der Waals surface area contributed by atoms with E-state index in [1.54, 1.807) is 20.1 Å². The molecule has 112 valence electrons. The number of ether oxygens (including phenoxy) is 2. The van der Waals surface area contributed by atoms with Crippen LogP contribution in [0, 0.1) is 0 Å². The van der Waals surface area contributed by atoms with Crippen molar-refractivity contribution in [3.8, 4) is 11.5 Å². The van der Waals surface area contributed by atoms with E-state index in [1.807, 2.05) is 42.5 Å². The highest BCUT2D eigenvalue weighted by molar-refractivity contribution is 5.40. The minimum absolute atomic E-state index is 0.136. The Morgan fingerprint density at radius 3 is 2.48 bits per heavy atom. The third-order valence-electron chi connectivity index (χ3n) is 3.40. The lowest BCUT2D eigenvalue weighted by molar-refractivity contribution is 0.00725. The molecule has 0 bridgehead atoms. The quantitative estimate of drug-likeness (QED) is 0.856. The summed E-state index contributed by atoms with van der Waals surface area (Å²) >= 11 is 0. The van der Waals surface area contributed by atoms with Gasteiger partial charge in [-0.2, -0.15) is 0 Å². The molecule has 1 atom stereocenters. The summed E-state index contributed by atoms with van der Waals surface area (Å²) in [5, 5.41) is 10.5. The summed E-state index contributed by atoms with van der Waals surface area (Å²) in [6, 6.07) is 14.9. The summed E-state index contributed by atoms with van der Waals surface area (Å²) in [4.78, 5) is 0. The molecule has 0 fully saturated rings. The van der Waals surface area contributed by atoms with Crippen molar-refractivity contribution in [3.63, 3.8) is 0 Å². The standard InChI is InChI=1S/C17H21NO3/c1-17(19,14-6-4-3-5-7-14)12-21-16-10-15(20-2)9-8-13(16)11-18/h3-10,19H,11-12,18H2,1-2H3. The Hall–Kier alpha value is -2.04. The fraction of sp³-hybridized carbons (Fsp3) is 0.294. The number of hydrogen-bond acceptors (Lipinski definition) is 4. The summed E-state index contributed by atoms with van der Waals surface area (Å²) in [5.41, 5.74) is 6.32. The third-order valence-corrected chi connectivity index (χ3v) is 3.40. The molecule has 0 aliphatic heterocycles. The lowest BCUT2D eigenvalue weighted by Gasteiger charge is -2.24. The minimum Gasteiger partial charge on any atom is -0.497 e. The molecule has 3 N–H and O–H groups in total. The zero-order valence-electron chi connectivity index (χ0n) is 12.4. The fourth-order valence-corrected chi connectivity index (χ4v) is 2.06. The average Bonchev–Trinajstić information content (AvgIpc) is 2.53. The van der Waals surface area contributed by atoms with Crippen LogP contribution < -0.4 is 15.2 Å². The summed E-state index contributed by atoms with van der Waals surface area (Å²) in [7, 11) is 1.60. The van der Waals surface area contributed by atoms with Crippen molar-refractivity contribution in [1.82, 2.24) is 0 Å². The molecule has 0 saturated heterocycles. The largest absolute Gasteiger partial charge is 0.497 e. The topological polar surface area (TPSA) is 64.7 Å². The van der Waals surface area contributed by atoms with Crippen LogP contribution in [-0.4, -0.2) is 18.8 Å². The van der Waals surface area contributed by atoms with Gasteiger partial charge in [-0.25, -0.2) is 0 Å². The lowest BCUT2D eigenvalue weighted by atomic mass is 9.97. The van der Waals surface area contributed by atoms with E-state index in [-0.39, 0.29) is 6.61 Å². The first-order valence-corrected chi connectivity index (χ1v) is 6.84. The lowest BCUT2D eigenvalue weighted by Crippen LogP contribution is -2.29. The first-order chi connectivity index (χ1) is 10.1. The molecule has 1 unspecified atom stereocenters. The monoisotopic (exact) mass is 287 g/mol. The highest BCUT2D eigenvalue weighted by atomic mass is 16.5. The summed E-state index contributed by atoms with van der Waals surface area (Å²) in [6.45, 7) is 2.23. The van der Waals surface area contributed by atoms with Gasteiger partial charge in [-0.15, -0.1) is 0 Å². The van der Waals surface area contributed by atoms with E-state index in [0.717, 1.165) is 11.1 Å². The molecule has 2 aromatic carbocycles. The molecule has 0 radical (unpaired) electrons. The van der Waals surface area contributed by atoms with Crippen molar-refractivity contribution in [2.75, 3.05) is 13.7 Å². The Kier molecular flexibility index (Phi) is 4.83. The van der Waals surface area contributed by atoms with E-state index < -0.39 is 5.60 Å². The SMILES string of the molecule is COc1ccc(CN)c(OCC(C)(O)c2ccccc2)c1. The van der Waals surface area contributed by atoms with Gasteiger partial charge in [0.2, 0.25) is 0 Å². The Bertz CT molecular complexity index is 582. The second-order valence-corrected chi connectivity index (χ2v) is 5.11. The third kappa shape index (κ3) is 3.74. The molecule has 0 amide bonds. The van der Waals surface area contributed by atoms with Crippen LogP contribution in [0.2, 0.25) is 0 Å². The van der Waals surface area contributed by atoms with Crippen molar-refractivity contribution < 1.29 is 14.6 Å². The first kappa shape index (κ1) is 15.4. The number of benzene rings is 2. The molecule has 21 heavy (non-hydrogen) atoms. The average molecular weight is 287 g/mol. The van der Waals surface area contributed by atoms with Gasteiger partial charge >= 0.3 is 0 Å². The van der Waals surface area contributed by atoms with Crippen molar-refractivity contribution in [3.05, 3.63) is 59.7 Å². The summed E-state index contributed by atoms with van der Waals surface area (Å²) in [5.74, 6) is 1.33. The van der Waals surface area contributed by atoms with Crippen LogP contribution in [-0.2, 0) is 12.1 Å². The molecule has 0 saturated carbocycles. The second-order valence-electron chi connectivity index (χ2n) is 5.11. The minimum atomic E-state index is -1.07. The van der Waals surface area contributed by atoms with Crippen LogP contribution in [0.3, 0.4) is 0 Å². The maximum atomic E-state index is 10.5. The van der Waals surface area contributed by atoms with Gasteiger partial charge in [0.25, 0.3) is 0 Å². The fourth-order valence-electron chi connectivity index (χ4n) is 2.06. The Balaban J connectivity index is 2.15. The molecule has 0 spiro atoms. The van der Waals surface area contributed by atoms with E-state index in [1.165, 1.54) is 0 Å². The maximum Gasteiger partial charge on any atom is 0.127 e. The molecule has 2 aromatic rings. The Labute approximate surface area is 125 Å². The van der Waals surface area contributed by atoms with Crippen LogP contribution in [0.1, 0.15) is 18.1 Å². The van der Waals surface area contributed by atoms with Crippen molar-refractivity contribution in [1.29, 1.82) is 0 Å².